The van der Waals surface area contributed by atoms with Crippen LogP contribution in [0.4, 0.5) is 30.7 Å². The molecule has 0 atom stereocenters. The van der Waals surface area contributed by atoms with Crippen LogP contribution in [-0.2, 0) is 0 Å². The van der Waals surface area contributed by atoms with Crippen LogP contribution in [0.3, 0.4) is 0 Å². The van der Waals surface area contributed by atoms with E-state index < -0.39 is 47.4 Å². The number of halogens is 7. The van der Waals surface area contributed by atoms with E-state index in [9.17, 15) is 30.7 Å². The summed E-state index contributed by atoms with van der Waals surface area (Å²) >= 11 is 0. The van der Waals surface area contributed by atoms with Gasteiger partial charge in [0.15, 0.2) is 24.0 Å². The van der Waals surface area contributed by atoms with E-state index in [0.29, 0.717) is 0 Å². The molecule has 0 fully saturated rings. The fraction of sp³-hybridized carbons (Fsp3) is 0.143. The van der Waals surface area contributed by atoms with Crippen LogP contribution in [0.25, 0.3) is 11.1 Å². The fourth-order valence-corrected chi connectivity index (χ4v) is 1.75. The highest BCUT2D eigenvalue weighted by Gasteiger charge is 2.33. The highest BCUT2D eigenvalue weighted by atomic mass is 19.4. The number of hydrogen-bond acceptors (Lipinski definition) is 1. The minimum Gasteiger partial charge on any atom is -0.478 e. The van der Waals surface area contributed by atoms with Crippen molar-refractivity contribution in [2.24, 2.45) is 0 Å². The average molecular weight is 324 g/mol. The molecule has 0 aliphatic rings. The topological polar surface area (TPSA) is 9.23 Å². The third kappa shape index (κ3) is 3.15. The van der Waals surface area contributed by atoms with E-state index in [1.165, 1.54) is 30.3 Å². The molecule has 22 heavy (non-hydrogen) atoms. The summed E-state index contributed by atoms with van der Waals surface area (Å²) < 4.78 is 94.9. The Balaban J connectivity index is 2.54. The number of benzene rings is 2. The Kier molecular flexibility index (Phi) is 4.30. The molecule has 0 amide bonds. The van der Waals surface area contributed by atoms with Crippen LogP contribution in [0.15, 0.2) is 30.3 Å². The summed E-state index contributed by atoms with van der Waals surface area (Å²) in [6.45, 7) is -2.08. The van der Waals surface area contributed by atoms with Gasteiger partial charge in [0.05, 0.1) is 5.56 Å². The molecular weight excluding hydrogens is 317 g/mol. The van der Waals surface area contributed by atoms with Gasteiger partial charge >= 0.3 is 6.18 Å². The summed E-state index contributed by atoms with van der Waals surface area (Å²) in [5.74, 6) is -9.46. The molecule has 118 valence electrons. The zero-order valence-electron chi connectivity index (χ0n) is 10.6. The van der Waals surface area contributed by atoms with Crippen LogP contribution in [0, 0.1) is 23.3 Å². The maximum atomic E-state index is 13.9. The molecule has 0 saturated heterocycles. The maximum Gasteiger partial charge on any atom is 0.422 e. The van der Waals surface area contributed by atoms with Crippen LogP contribution < -0.4 is 4.74 Å². The van der Waals surface area contributed by atoms with E-state index in [1.54, 1.807) is 0 Å². The van der Waals surface area contributed by atoms with Crippen LogP contribution in [0.5, 0.6) is 5.75 Å². The van der Waals surface area contributed by atoms with E-state index in [-0.39, 0.29) is 5.56 Å². The van der Waals surface area contributed by atoms with Gasteiger partial charge in [-0.05, 0) is 5.56 Å². The molecular formula is C14H7F7O. The van der Waals surface area contributed by atoms with E-state index in [1.807, 2.05) is 0 Å². The number of ether oxygens (including phenoxy) is 1. The van der Waals surface area contributed by atoms with Gasteiger partial charge in [0.25, 0.3) is 0 Å². The largest absolute Gasteiger partial charge is 0.478 e. The lowest BCUT2D eigenvalue weighted by Crippen LogP contribution is -2.21. The van der Waals surface area contributed by atoms with Gasteiger partial charge in [-0.25, -0.2) is 8.78 Å². The molecule has 0 aliphatic carbocycles. The van der Waals surface area contributed by atoms with Gasteiger partial charge in [0.1, 0.15) is 0 Å². The first-order chi connectivity index (χ1) is 10.2. The minimum absolute atomic E-state index is 0.169. The standard InChI is InChI=1S/C14H7F7O/c15-9-8(7-4-2-1-3-5-7)10(16)12(18)13(11(9)17)22-6-14(19,20)21/h1-5H,6H2. The van der Waals surface area contributed by atoms with Crippen molar-refractivity contribution in [3.63, 3.8) is 0 Å². The summed E-state index contributed by atoms with van der Waals surface area (Å²) in [6, 6.07) is 6.64. The molecule has 0 bridgehead atoms. The first-order valence-electron chi connectivity index (χ1n) is 5.83. The fourth-order valence-electron chi connectivity index (χ4n) is 1.75. The minimum atomic E-state index is -4.91. The molecule has 0 N–H and O–H groups in total. The van der Waals surface area contributed by atoms with Gasteiger partial charge in [-0.3, -0.25) is 0 Å². The molecule has 0 heterocycles. The van der Waals surface area contributed by atoms with Crippen molar-refractivity contribution in [1.29, 1.82) is 0 Å². The Bertz CT molecular complexity index is 651. The molecule has 2 aromatic carbocycles. The second kappa shape index (κ2) is 5.86. The summed E-state index contributed by atoms with van der Waals surface area (Å²) in [5.41, 5.74) is -1.19. The molecule has 0 unspecified atom stereocenters. The average Bonchev–Trinajstić information content (AvgIpc) is 2.45. The highest BCUT2D eigenvalue weighted by Crippen LogP contribution is 2.36. The van der Waals surface area contributed by atoms with E-state index in [0.717, 1.165) is 0 Å². The molecule has 1 nitrogen and oxygen atoms in total. The van der Waals surface area contributed by atoms with Gasteiger partial charge in [-0.1, -0.05) is 30.3 Å². The molecule has 2 aromatic rings. The lowest BCUT2D eigenvalue weighted by Gasteiger charge is -2.14. The van der Waals surface area contributed by atoms with E-state index in [4.69, 9.17) is 0 Å². The molecule has 0 aliphatic heterocycles. The Morgan fingerprint density at radius 2 is 1.27 bits per heavy atom. The van der Waals surface area contributed by atoms with Gasteiger partial charge in [-0.2, -0.15) is 22.0 Å². The predicted octanol–water partition coefficient (Wildman–Crippen LogP) is 4.85. The maximum absolute atomic E-state index is 13.9. The zero-order chi connectivity index (χ0) is 16.5. The van der Waals surface area contributed by atoms with Crippen LogP contribution >= 0.6 is 0 Å². The van der Waals surface area contributed by atoms with Crippen molar-refractivity contribution in [1.82, 2.24) is 0 Å². The first kappa shape index (κ1) is 16.1. The second-order valence-corrected chi connectivity index (χ2v) is 4.23. The van der Waals surface area contributed by atoms with Gasteiger partial charge < -0.3 is 4.74 Å². The van der Waals surface area contributed by atoms with Crippen LogP contribution in [0.1, 0.15) is 0 Å². The smallest absolute Gasteiger partial charge is 0.422 e. The molecule has 8 heteroatoms. The summed E-state index contributed by atoms with van der Waals surface area (Å²) in [7, 11) is 0. The Labute approximate surface area is 119 Å². The number of rotatable bonds is 3. The monoisotopic (exact) mass is 324 g/mol. The summed E-state index contributed by atoms with van der Waals surface area (Å²) in [4.78, 5) is 0. The highest BCUT2D eigenvalue weighted by molar-refractivity contribution is 5.66. The first-order valence-corrected chi connectivity index (χ1v) is 5.83. The third-order valence-electron chi connectivity index (χ3n) is 2.67. The number of alkyl halides is 3. The van der Waals surface area contributed by atoms with Crippen LogP contribution in [0.2, 0.25) is 0 Å². The second-order valence-electron chi connectivity index (χ2n) is 4.23. The molecule has 0 radical (unpaired) electrons. The van der Waals surface area contributed by atoms with Crippen molar-refractivity contribution in [2.45, 2.75) is 6.18 Å². The quantitative estimate of drug-likeness (QED) is 0.579. The van der Waals surface area contributed by atoms with E-state index in [2.05, 4.69) is 4.74 Å². The summed E-state index contributed by atoms with van der Waals surface area (Å²) in [6.07, 6.45) is -4.91. The normalized spacial score (nSPS) is 11.6. The lowest BCUT2D eigenvalue weighted by molar-refractivity contribution is -0.154. The van der Waals surface area contributed by atoms with Crippen molar-refractivity contribution < 1.29 is 35.5 Å². The van der Waals surface area contributed by atoms with E-state index >= 15 is 0 Å². The summed E-state index contributed by atoms with van der Waals surface area (Å²) in [5, 5.41) is 0. The Morgan fingerprint density at radius 3 is 1.73 bits per heavy atom. The van der Waals surface area contributed by atoms with Gasteiger partial charge in [-0.15, -0.1) is 0 Å². The zero-order valence-corrected chi connectivity index (χ0v) is 10.6. The predicted molar refractivity (Wildman–Crippen MR) is 63.3 cm³/mol. The molecule has 2 rings (SSSR count). The van der Waals surface area contributed by atoms with Crippen molar-refractivity contribution in [2.75, 3.05) is 6.61 Å². The van der Waals surface area contributed by atoms with Crippen molar-refractivity contribution >= 4 is 0 Å². The number of hydrogen-bond donors (Lipinski definition) is 0. The Hall–Kier alpha value is -2.25. The van der Waals surface area contributed by atoms with Crippen LogP contribution in [-0.4, -0.2) is 12.8 Å². The van der Waals surface area contributed by atoms with Gasteiger partial charge in [0, 0.05) is 0 Å². The van der Waals surface area contributed by atoms with Gasteiger partial charge in [0.2, 0.25) is 11.6 Å². The van der Waals surface area contributed by atoms with Crippen molar-refractivity contribution in [3.05, 3.63) is 53.6 Å². The molecule has 0 saturated carbocycles. The SMILES string of the molecule is Fc1c(F)c(-c2ccccc2)c(F)c(F)c1OCC(F)(F)F. The lowest BCUT2D eigenvalue weighted by atomic mass is 10.0. The van der Waals surface area contributed by atoms with Crippen molar-refractivity contribution in [3.8, 4) is 16.9 Å². The third-order valence-corrected chi connectivity index (χ3v) is 2.67. The Morgan fingerprint density at radius 1 is 0.773 bits per heavy atom. The molecule has 0 aromatic heterocycles. The molecule has 0 spiro atoms.